The molecule has 0 radical (unpaired) electrons. The van der Waals surface area contributed by atoms with Crippen molar-refractivity contribution in [3.8, 4) is 5.75 Å². The molecule has 1 N–H and O–H groups in total. The number of alkyl halides is 6. The molecule has 2 aliphatic rings. The first-order chi connectivity index (χ1) is 21.7. The van der Waals surface area contributed by atoms with E-state index in [0.717, 1.165) is 23.1 Å². The van der Waals surface area contributed by atoms with Crippen molar-refractivity contribution >= 4 is 17.4 Å². The molecule has 1 aromatic carbocycles. The average molecular weight is 655 g/mol. The Morgan fingerprint density at radius 3 is 2.50 bits per heavy atom. The number of aromatic nitrogens is 3. The van der Waals surface area contributed by atoms with Crippen molar-refractivity contribution in [3.05, 3.63) is 75.3 Å². The summed E-state index contributed by atoms with van der Waals surface area (Å²) in [5.74, 6) is 0.863. The molecule has 1 amide bonds. The molecular weight excluding hydrogens is 622 g/mol. The first-order valence-corrected chi connectivity index (χ1v) is 14.5. The first-order valence-electron chi connectivity index (χ1n) is 14.5. The van der Waals surface area contributed by atoms with E-state index in [-0.39, 0.29) is 38.1 Å². The highest BCUT2D eigenvalue weighted by Crippen LogP contribution is 2.37. The summed E-state index contributed by atoms with van der Waals surface area (Å²) in [7, 11) is 1.48. The van der Waals surface area contributed by atoms with Crippen molar-refractivity contribution in [2.24, 2.45) is 0 Å². The van der Waals surface area contributed by atoms with Crippen LogP contribution >= 0.6 is 0 Å². The van der Waals surface area contributed by atoms with Crippen LogP contribution in [0.4, 0.5) is 37.8 Å². The van der Waals surface area contributed by atoms with Gasteiger partial charge < -0.3 is 24.6 Å². The summed E-state index contributed by atoms with van der Waals surface area (Å²) < 4.78 is 92.5. The lowest BCUT2D eigenvalue weighted by Crippen LogP contribution is -2.53. The van der Waals surface area contributed by atoms with Gasteiger partial charge in [-0.3, -0.25) is 9.59 Å². The Kier molecular flexibility index (Phi) is 9.47. The maximum Gasteiger partial charge on any atom is 0.423 e. The summed E-state index contributed by atoms with van der Waals surface area (Å²) in [4.78, 5) is 33.2. The Morgan fingerprint density at radius 1 is 1.09 bits per heavy atom. The number of carbonyl (C=O) groups is 1. The van der Waals surface area contributed by atoms with Gasteiger partial charge in [0.05, 0.1) is 56.8 Å². The fraction of sp³-hybridized carbons (Fsp3) is 0.467. The second-order valence-electron chi connectivity index (χ2n) is 11.2. The van der Waals surface area contributed by atoms with Crippen molar-refractivity contribution < 1.29 is 40.6 Å². The zero-order valence-electron chi connectivity index (χ0n) is 25.0. The summed E-state index contributed by atoms with van der Waals surface area (Å²) in [5, 5.41) is 6.58. The molecule has 1 unspecified atom stereocenters. The van der Waals surface area contributed by atoms with Crippen LogP contribution < -0.4 is 20.5 Å². The zero-order valence-corrected chi connectivity index (χ0v) is 25.0. The molecule has 5 rings (SSSR count). The SMILES string of the molecule is COc1ccc(Cn2ncc(N[C@@H](C)COCCC(=O)N3CCN4c5ncc(C(F)(F)F)cc5CC4C3)c(C(F)(F)F)c2=O)cc1. The number of piperazine rings is 1. The van der Waals surface area contributed by atoms with Gasteiger partial charge in [-0.1, -0.05) is 12.1 Å². The standard InChI is InChI=1S/C30H32F6N6O4/c1-18(39-24-14-38-42(28(44)26(24)30(34,35)36)15-19-3-5-23(45-2)6-4-19)17-46-10-7-25(43)40-8-9-41-22(16-40)12-20-11-21(29(31,32)33)13-37-27(20)41/h3-6,11,13-14,18,22,39H,7-10,12,15-17H2,1-2H3/t18-,22?/m0/s1. The predicted molar refractivity (Wildman–Crippen MR) is 155 cm³/mol. The number of anilines is 2. The van der Waals surface area contributed by atoms with Gasteiger partial charge in [-0.15, -0.1) is 0 Å². The van der Waals surface area contributed by atoms with Crippen LogP contribution in [0.15, 0.2) is 47.5 Å². The number of fused-ring (bicyclic) bond motifs is 3. The third-order valence-corrected chi connectivity index (χ3v) is 7.88. The van der Waals surface area contributed by atoms with Gasteiger partial charge in [-0.25, -0.2) is 9.67 Å². The predicted octanol–water partition coefficient (Wildman–Crippen LogP) is 4.21. The molecule has 2 aromatic heterocycles. The van der Waals surface area contributed by atoms with Crippen molar-refractivity contribution in [3.63, 3.8) is 0 Å². The average Bonchev–Trinajstić information content (AvgIpc) is 3.37. The molecule has 0 bridgehead atoms. The molecule has 46 heavy (non-hydrogen) atoms. The van der Waals surface area contributed by atoms with E-state index in [1.807, 2.05) is 4.90 Å². The van der Waals surface area contributed by atoms with Gasteiger partial charge in [0.15, 0.2) is 0 Å². The van der Waals surface area contributed by atoms with Crippen LogP contribution in [0.3, 0.4) is 0 Å². The van der Waals surface area contributed by atoms with Gasteiger partial charge in [0.2, 0.25) is 5.91 Å². The number of amides is 1. The molecule has 16 heteroatoms. The minimum atomic E-state index is -4.95. The number of hydrogen-bond acceptors (Lipinski definition) is 8. The molecule has 248 valence electrons. The minimum Gasteiger partial charge on any atom is -0.497 e. The van der Waals surface area contributed by atoms with Gasteiger partial charge in [0, 0.05) is 31.9 Å². The fourth-order valence-corrected chi connectivity index (χ4v) is 5.63. The van der Waals surface area contributed by atoms with E-state index in [0.29, 0.717) is 48.7 Å². The second-order valence-corrected chi connectivity index (χ2v) is 11.2. The second kappa shape index (κ2) is 13.2. The summed E-state index contributed by atoms with van der Waals surface area (Å²) in [5.41, 5.74) is -2.90. The lowest BCUT2D eigenvalue weighted by atomic mass is 10.1. The maximum atomic E-state index is 14.0. The van der Waals surface area contributed by atoms with Crippen molar-refractivity contribution in [2.45, 2.75) is 50.7 Å². The molecule has 0 spiro atoms. The highest BCUT2D eigenvalue weighted by atomic mass is 19.4. The van der Waals surface area contributed by atoms with E-state index in [9.17, 15) is 35.9 Å². The topological polar surface area (TPSA) is 102 Å². The number of hydrogen-bond donors (Lipinski definition) is 1. The highest BCUT2D eigenvalue weighted by Gasteiger charge is 2.40. The molecule has 0 aliphatic carbocycles. The summed E-state index contributed by atoms with van der Waals surface area (Å²) >= 11 is 0. The van der Waals surface area contributed by atoms with Crippen LogP contribution in [-0.2, 0) is 34.8 Å². The van der Waals surface area contributed by atoms with Crippen molar-refractivity contribution in [2.75, 3.05) is 50.2 Å². The zero-order chi connectivity index (χ0) is 33.2. The van der Waals surface area contributed by atoms with E-state index in [2.05, 4.69) is 15.4 Å². The smallest absolute Gasteiger partial charge is 0.423 e. The van der Waals surface area contributed by atoms with Gasteiger partial charge in [0.1, 0.15) is 17.1 Å². The van der Waals surface area contributed by atoms with Crippen LogP contribution in [0.2, 0.25) is 0 Å². The fourth-order valence-electron chi connectivity index (χ4n) is 5.63. The number of methoxy groups -OCH3 is 1. The third-order valence-electron chi connectivity index (χ3n) is 7.88. The molecule has 4 heterocycles. The minimum absolute atomic E-state index is 0.000290. The van der Waals surface area contributed by atoms with Gasteiger partial charge in [-0.2, -0.15) is 31.4 Å². The largest absolute Gasteiger partial charge is 0.497 e. The first kappa shape index (κ1) is 33.0. The van der Waals surface area contributed by atoms with Crippen molar-refractivity contribution in [1.29, 1.82) is 0 Å². The molecule has 10 nitrogen and oxygen atoms in total. The highest BCUT2D eigenvalue weighted by molar-refractivity contribution is 5.77. The molecule has 3 aromatic rings. The molecule has 2 atom stereocenters. The number of nitrogens with zero attached hydrogens (tertiary/aromatic N) is 5. The number of rotatable bonds is 10. The van der Waals surface area contributed by atoms with Crippen LogP contribution in [0, 0.1) is 0 Å². The molecule has 1 fully saturated rings. The lowest BCUT2D eigenvalue weighted by molar-refractivity contribution is -0.139. The number of nitrogens with one attached hydrogen (secondary N) is 1. The number of carbonyl (C=O) groups excluding carboxylic acids is 1. The third kappa shape index (κ3) is 7.37. The summed E-state index contributed by atoms with van der Waals surface area (Å²) in [6.07, 6.45) is -7.30. The Labute approximate surface area is 259 Å². The van der Waals surface area contributed by atoms with E-state index >= 15 is 0 Å². The quantitative estimate of drug-likeness (QED) is 0.257. The van der Waals surface area contributed by atoms with E-state index < -0.39 is 40.8 Å². The number of halogens is 6. The van der Waals surface area contributed by atoms with E-state index in [1.54, 1.807) is 36.1 Å². The molecule has 1 saturated heterocycles. The molecule has 2 aliphatic heterocycles. The monoisotopic (exact) mass is 654 g/mol. The van der Waals surface area contributed by atoms with Crippen LogP contribution in [0.1, 0.15) is 35.6 Å². The Balaban J connectivity index is 1.11. The van der Waals surface area contributed by atoms with Gasteiger partial charge >= 0.3 is 12.4 Å². The number of benzene rings is 1. The van der Waals surface area contributed by atoms with E-state index in [4.69, 9.17) is 9.47 Å². The maximum absolute atomic E-state index is 14.0. The summed E-state index contributed by atoms with van der Waals surface area (Å²) in [6.45, 7) is 2.46. The van der Waals surface area contributed by atoms with Gasteiger partial charge in [0.25, 0.3) is 5.56 Å². The lowest BCUT2D eigenvalue weighted by Gasteiger charge is -2.38. The van der Waals surface area contributed by atoms with Crippen LogP contribution in [0.25, 0.3) is 0 Å². The number of ether oxygens (including phenoxy) is 2. The van der Waals surface area contributed by atoms with E-state index in [1.165, 1.54) is 7.11 Å². The van der Waals surface area contributed by atoms with Crippen LogP contribution in [0.5, 0.6) is 5.75 Å². The normalized spacial score (nSPS) is 17.0. The summed E-state index contributed by atoms with van der Waals surface area (Å²) in [6, 6.07) is 6.76. The molecular formula is C30H32F6N6O4. The Morgan fingerprint density at radius 2 is 1.83 bits per heavy atom. The molecule has 0 saturated carbocycles. The number of pyridine rings is 1. The van der Waals surface area contributed by atoms with Crippen LogP contribution in [-0.4, -0.2) is 77.6 Å². The van der Waals surface area contributed by atoms with Gasteiger partial charge in [-0.05, 0) is 42.7 Å². The Bertz CT molecular complexity index is 1610. The van der Waals surface area contributed by atoms with Crippen molar-refractivity contribution in [1.82, 2.24) is 19.7 Å². The Hall–Kier alpha value is -4.34.